The molecule has 1 aliphatic heterocycles. The summed E-state index contributed by atoms with van der Waals surface area (Å²) in [6.07, 6.45) is 2.21. The molecule has 0 spiro atoms. The maximum atomic E-state index is 12.8. The number of aryl methyl sites for hydroxylation is 1. The molecule has 0 fully saturated rings. The lowest BCUT2D eigenvalue weighted by Gasteiger charge is -2.33. The Morgan fingerprint density at radius 1 is 1.00 bits per heavy atom. The summed E-state index contributed by atoms with van der Waals surface area (Å²) in [5.41, 5.74) is 5.86. The van der Waals surface area contributed by atoms with Crippen LogP contribution in [0.2, 0.25) is 0 Å². The second-order valence-corrected chi connectivity index (χ2v) is 10.0. The van der Waals surface area contributed by atoms with Crippen LogP contribution in [0.5, 0.6) is 11.5 Å². The van der Waals surface area contributed by atoms with Gasteiger partial charge in [-0.25, -0.2) is 4.79 Å². The van der Waals surface area contributed by atoms with Gasteiger partial charge in [0.15, 0.2) is 0 Å². The fourth-order valence-corrected chi connectivity index (χ4v) is 5.14. The molecule has 3 aromatic rings. The summed E-state index contributed by atoms with van der Waals surface area (Å²) in [6, 6.07) is 13.6. The number of methoxy groups -OCH3 is 2. The minimum Gasteiger partial charge on any atom is -0.497 e. The van der Waals surface area contributed by atoms with Crippen LogP contribution in [0.25, 0.3) is 16.7 Å². The molecule has 1 aliphatic rings. The Bertz CT molecular complexity index is 1240. The smallest absolute Gasteiger partial charge is 0.348 e. The Morgan fingerprint density at radius 3 is 2.42 bits per heavy atom. The summed E-state index contributed by atoms with van der Waals surface area (Å²) in [5.74, 6) is 1.10. The predicted octanol–water partition coefficient (Wildman–Crippen LogP) is 6.71. The van der Waals surface area contributed by atoms with Crippen molar-refractivity contribution in [2.24, 2.45) is 0 Å². The molecule has 0 saturated carbocycles. The van der Waals surface area contributed by atoms with Crippen molar-refractivity contribution in [2.45, 2.75) is 39.8 Å². The third kappa shape index (κ3) is 4.62. The maximum Gasteiger partial charge on any atom is 0.348 e. The maximum absolute atomic E-state index is 12.8. The van der Waals surface area contributed by atoms with E-state index < -0.39 is 0 Å². The number of hydrogen-bond acceptors (Lipinski definition) is 6. The number of anilines is 1. The van der Waals surface area contributed by atoms with Gasteiger partial charge in [0.25, 0.3) is 0 Å². The second kappa shape index (κ2) is 8.94. The number of thiophene rings is 1. The minimum atomic E-state index is -0.316. The van der Waals surface area contributed by atoms with Crippen molar-refractivity contribution in [1.82, 2.24) is 0 Å². The van der Waals surface area contributed by atoms with Gasteiger partial charge in [0.1, 0.15) is 23.0 Å². The van der Waals surface area contributed by atoms with E-state index in [4.69, 9.17) is 14.2 Å². The fraction of sp³-hybridized carbons (Fsp3) is 0.296. The Labute approximate surface area is 199 Å². The molecule has 1 N–H and O–H groups in total. The molecule has 0 amide bonds. The quantitative estimate of drug-likeness (QED) is 0.412. The van der Waals surface area contributed by atoms with Crippen molar-refractivity contribution in [3.05, 3.63) is 69.4 Å². The molecule has 33 heavy (non-hydrogen) atoms. The van der Waals surface area contributed by atoms with Crippen LogP contribution in [0.1, 0.15) is 46.4 Å². The van der Waals surface area contributed by atoms with Crippen molar-refractivity contribution >= 4 is 28.6 Å². The van der Waals surface area contributed by atoms with Crippen molar-refractivity contribution in [2.75, 3.05) is 19.5 Å². The summed E-state index contributed by atoms with van der Waals surface area (Å²) in [4.78, 5) is 14.4. The number of esters is 1. The number of carbonyl (C=O) groups excluding carboxylic acids is 1. The number of rotatable bonds is 6. The first-order valence-electron chi connectivity index (χ1n) is 10.8. The molecule has 2 aromatic carbocycles. The van der Waals surface area contributed by atoms with Crippen LogP contribution in [0, 0.1) is 6.92 Å². The van der Waals surface area contributed by atoms with Gasteiger partial charge in [-0.1, -0.05) is 12.1 Å². The molecular formula is C27H29NO4S. The average Bonchev–Trinajstić information content (AvgIpc) is 3.22. The lowest BCUT2D eigenvalue weighted by molar-refractivity contribution is 0.0479. The van der Waals surface area contributed by atoms with E-state index in [0.717, 1.165) is 38.4 Å². The molecule has 0 bridgehead atoms. The Balaban J connectivity index is 1.82. The first-order valence-corrected chi connectivity index (χ1v) is 11.6. The van der Waals surface area contributed by atoms with Crippen molar-refractivity contribution in [1.29, 1.82) is 0 Å². The monoisotopic (exact) mass is 463 g/mol. The molecule has 0 aliphatic carbocycles. The number of ether oxygens (including phenoxy) is 3. The van der Waals surface area contributed by atoms with Crippen molar-refractivity contribution in [3.8, 4) is 22.6 Å². The topological polar surface area (TPSA) is 56.8 Å². The van der Waals surface area contributed by atoms with E-state index in [1.165, 1.54) is 11.3 Å². The van der Waals surface area contributed by atoms with Gasteiger partial charge in [-0.3, -0.25) is 0 Å². The van der Waals surface area contributed by atoms with Crippen LogP contribution in [-0.4, -0.2) is 25.7 Å². The standard InChI is InChI=1S/C27H29NO4S/c1-16-14-27(3,4)28-22-11-10-19(20-9-8-18(30-5)13-23(20)31-6)21(25(16)22)15-32-26(29)24-12-7-17(2)33-24/h7-14,28H,15H2,1-6H3. The van der Waals surface area contributed by atoms with Crippen molar-refractivity contribution in [3.63, 3.8) is 0 Å². The number of hydrogen-bond donors (Lipinski definition) is 1. The normalized spacial score (nSPS) is 14.1. The zero-order chi connectivity index (χ0) is 23.8. The van der Waals surface area contributed by atoms with Crippen LogP contribution in [0.15, 0.2) is 48.5 Å². The largest absolute Gasteiger partial charge is 0.497 e. The molecule has 172 valence electrons. The van der Waals surface area contributed by atoms with E-state index in [-0.39, 0.29) is 18.1 Å². The highest BCUT2D eigenvalue weighted by Crippen LogP contribution is 2.43. The van der Waals surface area contributed by atoms with Gasteiger partial charge < -0.3 is 19.5 Å². The highest BCUT2D eigenvalue weighted by atomic mass is 32.1. The fourth-order valence-electron chi connectivity index (χ4n) is 4.38. The molecule has 0 radical (unpaired) electrons. The lowest BCUT2D eigenvalue weighted by Crippen LogP contribution is -2.32. The molecule has 6 heteroatoms. The van der Waals surface area contributed by atoms with Crippen LogP contribution in [0.3, 0.4) is 0 Å². The summed E-state index contributed by atoms with van der Waals surface area (Å²) in [6.45, 7) is 8.50. The molecule has 0 atom stereocenters. The van der Waals surface area contributed by atoms with Crippen LogP contribution in [-0.2, 0) is 11.3 Å². The van der Waals surface area contributed by atoms with Gasteiger partial charge in [-0.05, 0) is 69.2 Å². The second-order valence-electron chi connectivity index (χ2n) is 8.74. The first kappa shape index (κ1) is 22.9. The van der Waals surface area contributed by atoms with Gasteiger partial charge in [0.05, 0.1) is 19.8 Å². The molecule has 4 rings (SSSR count). The minimum absolute atomic E-state index is 0.150. The highest BCUT2D eigenvalue weighted by molar-refractivity contribution is 7.13. The van der Waals surface area contributed by atoms with Gasteiger partial charge in [0.2, 0.25) is 0 Å². The summed E-state index contributed by atoms with van der Waals surface area (Å²) >= 11 is 1.44. The van der Waals surface area contributed by atoms with Crippen LogP contribution < -0.4 is 14.8 Å². The molecular weight excluding hydrogens is 434 g/mol. The number of nitrogens with one attached hydrogen (secondary N) is 1. The average molecular weight is 464 g/mol. The number of allylic oxidation sites excluding steroid dienone is 1. The lowest BCUT2D eigenvalue weighted by atomic mass is 9.85. The van der Waals surface area contributed by atoms with Gasteiger partial charge >= 0.3 is 5.97 Å². The van der Waals surface area contributed by atoms with Crippen LogP contribution >= 0.6 is 11.3 Å². The van der Waals surface area contributed by atoms with Crippen molar-refractivity contribution < 1.29 is 19.0 Å². The highest BCUT2D eigenvalue weighted by Gasteiger charge is 2.27. The molecule has 1 aromatic heterocycles. The summed E-state index contributed by atoms with van der Waals surface area (Å²) < 4.78 is 16.9. The summed E-state index contributed by atoms with van der Waals surface area (Å²) in [5, 5.41) is 3.59. The molecule has 5 nitrogen and oxygen atoms in total. The zero-order valence-electron chi connectivity index (χ0n) is 19.9. The Hall–Kier alpha value is -3.25. The zero-order valence-corrected chi connectivity index (χ0v) is 20.7. The summed E-state index contributed by atoms with van der Waals surface area (Å²) in [7, 11) is 3.27. The number of carbonyl (C=O) groups is 1. The SMILES string of the molecule is COc1ccc(-c2ccc3c(c2COC(=O)c2ccc(C)s2)C(C)=CC(C)(C)N3)c(OC)c1. The van der Waals surface area contributed by atoms with E-state index in [1.54, 1.807) is 14.2 Å². The molecule has 2 heterocycles. The van der Waals surface area contributed by atoms with Gasteiger partial charge in [0, 0.05) is 33.3 Å². The Kier molecular flexibility index (Phi) is 6.21. The van der Waals surface area contributed by atoms with E-state index >= 15 is 0 Å². The first-order chi connectivity index (χ1) is 15.7. The van der Waals surface area contributed by atoms with Gasteiger partial charge in [-0.2, -0.15) is 0 Å². The molecule has 0 saturated heterocycles. The number of fused-ring (bicyclic) bond motifs is 1. The van der Waals surface area contributed by atoms with Crippen LogP contribution in [0.4, 0.5) is 5.69 Å². The van der Waals surface area contributed by atoms with E-state index in [1.807, 2.05) is 37.3 Å². The molecule has 0 unspecified atom stereocenters. The van der Waals surface area contributed by atoms with Gasteiger partial charge in [-0.15, -0.1) is 11.3 Å². The van der Waals surface area contributed by atoms with E-state index in [2.05, 4.69) is 44.3 Å². The third-order valence-corrected chi connectivity index (χ3v) is 6.71. The van der Waals surface area contributed by atoms with E-state index in [0.29, 0.717) is 16.4 Å². The number of benzene rings is 2. The predicted molar refractivity (Wildman–Crippen MR) is 135 cm³/mol. The Morgan fingerprint density at radius 2 is 1.76 bits per heavy atom. The third-order valence-electron chi connectivity index (χ3n) is 5.73. The van der Waals surface area contributed by atoms with E-state index in [9.17, 15) is 4.79 Å².